The quantitative estimate of drug-likeness (QED) is 0.612. The van der Waals surface area contributed by atoms with Gasteiger partial charge in [0.2, 0.25) is 11.8 Å². The number of aliphatic hydroxyl groups is 1. The second-order valence-corrected chi connectivity index (χ2v) is 2.93. The highest BCUT2D eigenvalue weighted by molar-refractivity contribution is 5.81. The third kappa shape index (κ3) is 2.04. The summed E-state index contributed by atoms with van der Waals surface area (Å²) in [5.74, 6) is 5.62. The largest absolute Gasteiger partial charge is 0.464 e. The molecule has 0 fully saturated rings. The number of nitrogens with one attached hydrogen (secondary N) is 1. The maximum absolute atomic E-state index is 8.47. The van der Waals surface area contributed by atoms with E-state index in [1.165, 1.54) is 0 Å². The molecule has 0 aliphatic heterocycles. The van der Waals surface area contributed by atoms with Crippen molar-refractivity contribution in [1.29, 1.82) is 0 Å². The number of hydrogen-bond acceptors (Lipinski definition) is 5. The van der Waals surface area contributed by atoms with E-state index in [9.17, 15) is 0 Å². The van der Waals surface area contributed by atoms with Gasteiger partial charge in [-0.25, -0.2) is 0 Å². The molecule has 0 aliphatic carbocycles. The highest BCUT2D eigenvalue weighted by Crippen LogP contribution is 2.21. The molecule has 0 aliphatic rings. The Morgan fingerprint density at radius 3 is 3.12 bits per heavy atom. The predicted molar refractivity (Wildman–Crippen MR) is 58.7 cm³/mol. The van der Waals surface area contributed by atoms with Gasteiger partial charge in [0.25, 0.3) is 0 Å². The number of nitrogen functional groups attached to an aromatic ring is 1. The summed E-state index contributed by atoms with van der Waals surface area (Å²) in [6.45, 7) is -0.0356. The Morgan fingerprint density at radius 2 is 2.31 bits per heavy atom. The van der Waals surface area contributed by atoms with Crippen LogP contribution < -0.4 is 10.5 Å². The number of fused-ring (bicyclic) bond motifs is 1. The third-order valence-electron chi connectivity index (χ3n) is 1.88. The van der Waals surface area contributed by atoms with Crippen LogP contribution >= 0.6 is 0 Å². The van der Waals surface area contributed by atoms with Crippen LogP contribution in [0.25, 0.3) is 11.0 Å². The first-order valence-electron chi connectivity index (χ1n) is 4.61. The minimum Gasteiger partial charge on any atom is -0.464 e. The molecule has 2 heterocycles. The molecule has 0 saturated carbocycles. The fourth-order valence-corrected chi connectivity index (χ4v) is 1.25. The van der Waals surface area contributed by atoms with Crippen molar-refractivity contribution in [2.45, 2.75) is 0 Å². The zero-order chi connectivity index (χ0) is 11.4. The van der Waals surface area contributed by atoms with E-state index in [1.807, 2.05) is 0 Å². The number of nitrogens with two attached hydrogens (primary N) is 1. The van der Waals surface area contributed by atoms with Gasteiger partial charge in [-0.1, -0.05) is 11.8 Å². The van der Waals surface area contributed by atoms with E-state index in [-0.39, 0.29) is 19.2 Å². The predicted octanol–water partition coefficient (Wildman–Crippen LogP) is -0.0854. The molecule has 0 aromatic carbocycles. The molecule has 2 rings (SSSR count). The molecule has 0 amide bonds. The van der Waals surface area contributed by atoms with Crippen LogP contribution in [0, 0.1) is 11.8 Å². The molecule has 4 N–H and O–H groups in total. The average Bonchev–Trinajstić information content (AvgIpc) is 2.72. The van der Waals surface area contributed by atoms with Crippen LogP contribution in [0.1, 0.15) is 0 Å². The Kier molecular flexibility index (Phi) is 2.89. The molecule has 0 radical (unpaired) electrons. The summed E-state index contributed by atoms with van der Waals surface area (Å²) in [4.78, 5) is 10.9. The molecular weight excluding hydrogens is 208 g/mol. The summed E-state index contributed by atoms with van der Waals surface area (Å²) in [7, 11) is 0. The van der Waals surface area contributed by atoms with Crippen molar-refractivity contribution in [2.75, 3.05) is 18.9 Å². The first kappa shape index (κ1) is 10.3. The highest BCUT2D eigenvalue weighted by atomic mass is 16.5. The Labute approximate surface area is 91.5 Å². The number of rotatable bonds is 2. The Bertz CT molecular complexity index is 553. The maximum Gasteiger partial charge on any atom is 0.228 e. The molecule has 2 aromatic heterocycles. The first-order chi connectivity index (χ1) is 7.81. The molecule has 82 valence electrons. The van der Waals surface area contributed by atoms with Crippen LogP contribution in [0.3, 0.4) is 0 Å². The van der Waals surface area contributed by atoms with Crippen LogP contribution in [-0.4, -0.2) is 33.3 Å². The fraction of sp³-hybridized carbons (Fsp3) is 0.200. The number of hydrogen-bond donors (Lipinski definition) is 3. The van der Waals surface area contributed by atoms with Crippen molar-refractivity contribution in [3.05, 3.63) is 12.3 Å². The zero-order valence-electron chi connectivity index (χ0n) is 8.40. The van der Waals surface area contributed by atoms with Crippen LogP contribution in [-0.2, 0) is 0 Å². The number of H-pyrrole nitrogens is 1. The van der Waals surface area contributed by atoms with Gasteiger partial charge in [0.05, 0.1) is 5.39 Å². The number of aromatic amines is 1. The van der Waals surface area contributed by atoms with Crippen molar-refractivity contribution in [2.24, 2.45) is 0 Å². The molecule has 0 bridgehead atoms. The normalized spacial score (nSPS) is 9.81. The molecule has 6 heteroatoms. The second-order valence-electron chi connectivity index (χ2n) is 2.93. The summed E-state index contributed by atoms with van der Waals surface area (Å²) in [5.41, 5.74) is 6.14. The third-order valence-corrected chi connectivity index (χ3v) is 1.88. The van der Waals surface area contributed by atoms with Crippen LogP contribution in [0.2, 0.25) is 0 Å². The van der Waals surface area contributed by atoms with Crippen LogP contribution in [0.4, 0.5) is 5.95 Å². The van der Waals surface area contributed by atoms with E-state index in [0.717, 1.165) is 5.39 Å². The molecule has 0 saturated heterocycles. The van der Waals surface area contributed by atoms with Gasteiger partial charge >= 0.3 is 0 Å². The summed E-state index contributed by atoms with van der Waals surface area (Å²) < 4.78 is 5.32. The SMILES string of the molecule is Nc1nc(OCC#CCO)c2cc[nH]c2n1. The van der Waals surface area contributed by atoms with Gasteiger partial charge in [0, 0.05) is 6.20 Å². The summed E-state index contributed by atoms with van der Waals surface area (Å²) >= 11 is 0. The van der Waals surface area contributed by atoms with E-state index in [1.54, 1.807) is 12.3 Å². The second kappa shape index (κ2) is 4.51. The fourth-order valence-electron chi connectivity index (χ4n) is 1.25. The van der Waals surface area contributed by atoms with Crippen molar-refractivity contribution in [1.82, 2.24) is 15.0 Å². The molecule has 0 unspecified atom stereocenters. The average molecular weight is 218 g/mol. The lowest BCUT2D eigenvalue weighted by Crippen LogP contribution is -2.01. The highest BCUT2D eigenvalue weighted by Gasteiger charge is 2.07. The lowest BCUT2D eigenvalue weighted by Gasteiger charge is -2.02. The molecule has 16 heavy (non-hydrogen) atoms. The van der Waals surface area contributed by atoms with E-state index in [0.29, 0.717) is 11.5 Å². The zero-order valence-corrected chi connectivity index (χ0v) is 8.40. The van der Waals surface area contributed by atoms with Gasteiger partial charge in [-0.05, 0) is 6.07 Å². The summed E-state index contributed by atoms with van der Waals surface area (Å²) in [6.07, 6.45) is 1.73. The number of aliphatic hydroxyl groups excluding tert-OH is 1. The number of ether oxygens (including phenoxy) is 1. The Balaban J connectivity index is 2.25. The Hall–Kier alpha value is -2.26. The summed E-state index contributed by atoms with van der Waals surface area (Å²) in [5, 5.41) is 9.22. The van der Waals surface area contributed by atoms with Crippen molar-refractivity contribution in [3.63, 3.8) is 0 Å². The molecule has 0 atom stereocenters. The monoisotopic (exact) mass is 218 g/mol. The van der Waals surface area contributed by atoms with Gasteiger partial charge in [-0.3, -0.25) is 0 Å². The number of anilines is 1. The van der Waals surface area contributed by atoms with E-state index in [4.69, 9.17) is 15.6 Å². The van der Waals surface area contributed by atoms with E-state index >= 15 is 0 Å². The van der Waals surface area contributed by atoms with Crippen LogP contribution in [0.15, 0.2) is 12.3 Å². The van der Waals surface area contributed by atoms with Gasteiger partial charge in [-0.15, -0.1) is 0 Å². The van der Waals surface area contributed by atoms with E-state index < -0.39 is 0 Å². The lowest BCUT2D eigenvalue weighted by molar-refractivity contribution is 0.346. The number of aromatic nitrogens is 3. The molecular formula is C10H10N4O2. The van der Waals surface area contributed by atoms with Gasteiger partial charge in [0.15, 0.2) is 6.61 Å². The number of nitrogens with zero attached hydrogens (tertiary/aromatic N) is 2. The minimum absolute atomic E-state index is 0.139. The Morgan fingerprint density at radius 1 is 1.44 bits per heavy atom. The topological polar surface area (TPSA) is 97.0 Å². The first-order valence-corrected chi connectivity index (χ1v) is 4.61. The lowest BCUT2D eigenvalue weighted by atomic mass is 10.4. The maximum atomic E-state index is 8.47. The molecule has 6 nitrogen and oxygen atoms in total. The van der Waals surface area contributed by atoms with Crippen molar-refractivity contribution >= 4 is 17.0 Å². The van der Waals surface area contributed by atoms with Crippen molar-refractivity contribution < 1.29 is 9.84 Å². The van der Waals surface area contributed by atoms with Gasteiger partial charge in [-0.2, -0.15) is 9.97 Å². The molecule has 2 aromatic rings. The standard InChI is InChI=1S/C10H10N4O2/c11-10-13-8-7(3-4-12-8)9(14-10)16-6-2-1-5-15/h3-4,15H,5-6H2,(H3,11,12,13,14). The molecule has 0 spiro atoms. The van der Waals surface area contributed by atoms with Gasteiger partial charge < -0.3 is 20.6 Å². The minimum atomic E-state index is -0.186. The van der Waals surface area contributed by atoms with E-state index in [2.05, 4.69) is 26.8 Å². The van der Waals surface area contributed by atoms with Crippen molar-refractivity contribution in [3.8, 4) is 17.7 Å². The van der Waals surface area contributed by atoms with Crippen LogP contribution in [0.5, 0.6) is 5.88 Å². The van der Waals surface area contributed by atoms with Gasteiger partial charge in [0.1, 0.15) is 12.3 Å². The summed E-state index contributed by atoms with van der Waals surface area (Å²) in [6, 6.07) is 1.80. The smallest absolute Gasteiger partial charge is 0.228 e.